The summed E-state index contributed by atoms with van der Waals surface area (Å²) in [6.45, 7) is 6.03. The highest BCUT2D eigenvalue weighted by Crippen LogP contribution is 2.34. The number of aromatic nitrogens is 2. The molecule has 3 aliphatic heterocycles. The number of piperidine rings is 1. The van der Waals surface area contributed by atoms with Gasteiger partial charge in [-0.05, 0) is 25.3 Å². The lowest BCUT2D eigenvalue weighted by Crippen LogP contribution is -2.61. The van der Waals surface area contributed by atoms with Crippen molar-refractivity contribution in [3.63, 3.8) is 0 Å². The number of nitrogens with zero attached hydrogens (tertiary/aromatic N) is 5. The quantitative estimate of drug-likeness (QED) is 0.822. The Hall–Kier alpha value is -0.730. The van der Waals surface area contributed by atoms with Crippen LogP contribution in [0.15, 0.2) is 18.5 Å². The number of morpholine rings is 1. The van der Waals surface area contributed by atoms with Crippen LogP contribution in [0.25, 0.3) is 0 Å². The number of hydrazine groups is 1. The molecular formula is C17H27N5OS. The molecule has 0 radical (unpaired) electrons. The molecule has 6 nitrogen and oxygen atoms in total. The van der Waals surface area contributed by atoms with E-state index in [9.17, 15) is 0 Å². The summed E-state index contributed by atoms with van der Waals surface area (Å²) in [4.78, 5) is 11.8. The first-order chi connectivity index (χ1) is 11.9. The van der Waals surface area contributed by atoms with Crippen molar-refractivity contribution in [3.05, 3.63) is 24.3 Å². The summed E-state index contributed by atoms with van der Waals surface area (Å²) in [5, 5.41) is 5.15. The van der Waals surface area contributed by atoms with Gasteiger partial charge in [0.15, 0.2) is 0 Å². The fraction of sp³-hybridized carbons (Fsp3) is 0.765. The molecule has 0 N–H and O–H groups in total. The molecular weight excluding hydrogens is 322 g/mol. The molecule has 2 unspecified atom stereocenters. The van der Waals surface area contributed by atoms with Crippen molar-refractivity contribution in [3.8, 4) is 0 Å². The van der Waals surface area contributed by atoms with E-state index in [1.165, 1.54) is 25.0 Å². The maximum atomic E-state index is 5.56. The van der Waals surface area contributed by atoms with Crippen molar-refractivity contribution < 1.29 is 4.74 Å². The zero-order valence-electron chi connectivity index (χ0n) is 14.2. The van der Waals surface area contributed by atoms with Gasteiger partial charge in [-0.1, -0.05) is 0 Å². The number of rotatable bonds is 3. The normalized spacial score (nSPS) is 31.2. The van der Waals surface area contributed by atoms with E-state index in [0.717, 1.165) is 51.0 Å². The highest BCUT2D eigenvalue weighted by Gasteiger charge is 2.38. The van der Waals surface area contributed by atoms with Crippen molar-refractivity contribution >= 4 is 11.8 Å². The molecule has 132 valence electrons. The van der Waals surface area contributed by atoms with Gasteiger partial charge in [0.2, 0.25) is 0 Å². The molecule has 0 aromatic carbocycles. The average molecular weight is 350 g/mol. The van der Waals surface area contributed by atoms with Gasteiger partial charge in [0.25, 0.3) is 0 Å². The van der Waals surface area contributed by atoms with E-state index in [1.54, 1.807) is 0 Å². The Balaban J connectivity index is 1.55. The Kier molecular flexibility index (Phi) is 5.64. The van der Waals surface area contributed by atoms with E-state index in [4.69, 9.17) is 4.74 Å². The molecule has 4 rings (SSSR count). The van der Waals surface area contributed by atoms with Gasteiger partial charge in [-0.2, -0.15) is 11.8 Å². The second-order valence-corrected chi connectivity index (χ2v) is 7.79. The number of hydrogen-bond acceptors (Lipinski definition) is 7. The molecule has 24 heavy (non-hydrogen) atoms. The zero-order valence-corrected chi connectivity index (χ0v) is 15.0. The maximum Gasteiger partial charge on any atom is 0.146 e. The Labute approximate surface area is 148 Å². The minimum absolute atomic E-state index is 0.330. The third-order valence-corrected chi connectivity index (χ3v) is 6.25. The predicted molar refractivity (Wildman–Crippen MR) is 95.5 cm³/mol. The van der Waals surface area contributed by atoms with Gasteiger partial charge in [-0.15, -0.1) is 0 Å². The Morgan fingerprint density at radius 3 is 2.71 bits per heavy atom. The van der Waals surface area contributed by atoms with Crippen molar-refractivity contribution in [1.29, 1.82) is 0 Å². The molecule has 2 atom stereocenters. The van der Waals surface area contributed by atoms with Gasteiger partial charge in [-0.3, -0.25) is 4.90 Å². The monoisotopic (exact) mass is 349 g/mol. The fourth-order valence-electron chi connectivity index (χ4n) is 4.06. The average Bonchev–Trinajstić information content (AvgIpc) is 2.69. The minimum atomic E-state index is 0.330. The summed E-state index contributed by atoms with van der Waals surface area (Å²) in [6.07, 6.45) is 8.08. The molecule has 0 aliphatic carbocycles. The second-order valence-electron chi connectivity index (χ2n) is 6.64. The van der Waals surface area contributed by atoms with E-state index in [0.29, 0.717) is 12.2 Å². The summed E-state index contributed by atoms with van der Waals surface area (Å²) in [5.74, 6) is 3.28. The van der Waals surface area contributed by atoms with Crippen LogP contribution in [0.2, 0.25) is 0 Å². The van der Waals surface area contributed by atoms with Crippen LogP contribution in [0.1, 0.15) is 31.1 Å². The highest BCUT2D eigenvalue weighted by molar-refractivity contribution is 7.99. The SMILES string of the molecule is c1cnc(C2CSCCN2C2CCCCN2N2CCOCC2)nc1. The molecule has 1 aromatic rings. The topological polar surface area (TPSA) is 44.7 Å². The first-order valence-electron chi connectivity index (χ1n) is 9.13. The van der Waals surface area contributed by atoms with E-state index < -0.39 is 0 Å². The van der Waals surface area contributed by atoms with E-state index >= 15 is 0 Å². The van der Waals surface area contributed by atoms with Crippen LogP contribution in [0.4, 0.5) is 0 Å². The van der Waals surface area contributed by atoms with Gasteiger partial charge in [0.1, 0.15) is 5.82 Å². The summed E-state index contributed by atoms with van der Waals surface area (Å²) >= 11 is 2.03. The number of thioether (sulfide) groups is 1. The van der Waals surface area contributed by atoms with Gasteiger partial charge in [0.05, 0.1) is 25.4 Å². The standard InChI is InChI=1S/C17H27N5OS/c1-2-7-22(20-8-11-23-12-9-20)16(4-1)21-10-13-24-14-15(21)17-18-5-3-6-19-17/h3,5-6,15-16H,1-2,4,7-14H2. The largest absolute Gasteiger partial charge is 0.379 e. The Bertz CT molecular complexity index is 513. The summed E-state index contributed by atoms with van der Waals surface area (Å²) < 4.78 is 5.56. The van der Waals surface area contributed by atoms with Gasteiger partial charge in [-0.25, -0.2) is 20.0 Å². The third-order valence-electron chi connectivity index (χ3n) is 5.23. The van der Waals surface area contributed by atoms with Gasteiger partial charge in [0, 0.05) is 50.1 Å². The van der Waals surface area contributed by atoms with Crippen molar-refractivity contribution in [2.24, 2.45) is 0 Å². The molecule has 1 aromatic heterocycles. The van der Waals surface area contributed by atoms with E-state index in [2.05, 4.69) is 24.9 Å². The van der Waals surface area contributed by atoms with Crippen LogP contribution in [-0.2, 0) is 4.74 Å². The predicted octanol–water partition coefficient (Wildman–Crippen LogP) is 1.63. The third kappa shape index (κ3) is 3.60. The fourth-order valence-corrected chi connectivity index (χ4v) is 5.13. The Morgan fingerprint density at radius 1 is 1.04 bits per heavy atom. The van der Waals surface area contributed by atoms with Crippen LogP contribution in [0.5, 0.6) is 0 Å². The van der Waals surface area contributed by atoms with Crippen LogP contribution >= 0.6 is 11.8 Å². The van der Waals surface area contributed by atoms with E-state index in [-0.39, 0.29) is 0 Å². The Morgan fingerprint density at radius 2 is 1.88 bits per heavy atom. The summed E-state index contributed by atoms with van der Waals surface area (Å²) in [6, 6.07) is 2.24. The molecule has 0 bridgehead atoms. The zero-order chi connectivity index (χ0) is 16.2. The lowest BCUT2D eigenvalue weighted by Gasteiger charge is -2.51. The van der Waals surface area contributed by atoms with Crippen LogP contribution in [0.3, 0.4) is 0 Å². The maximum absolute atomic E-state index is 5.56. The summed E-state index contributed by atoms with van der Waals surface area (Å²) in [5.41, 5.74) is 0. The molecule has 3 fully saturated rings. The first kappa shape index (κ1) is 16.7. The molecule has 0 amide bonds. The van der Waals surface area contributed by atoms with Crippen molar-refractivity contribution in [2.45, 2.75) is 31.5 Å². The van der Waals surface area contributed by atoms with E-state index in [1.807, 2.05) is 30.2 Å². The van der Waals surface area contributed by atoms with Crippen molar-refractivity contribution in [1.82, 2.24) is 24.9 Å². The first-order valence-corrected chi connectivity index (χ1v) is 10.3. The molecule has 3 aliphatic rings. The molecule has 0 spiro atoms. The van der Waals surface area contributed by atoms with Crippen LogP contribution < -0.4 is 0 Å². The lowest BCUT2D eigenvalue weighted by atomic mass is 10.1. The summed E-state index contributed by atoms with van der Waals surface area (Å²) in [7, 11) is 0. The lowest BCUT2D eigenvalue weighted by molar-refractivity contribution is -0.166. The van der Waals surface area contributed by atoms with Crippen molar-refractivity contribution in [2.75, 3.05) is 50.9 Å². The van der Waals surface area contributed by atoms with Gasteiger partial charge < -0.3 is 4.74 Å². The molecule has 7 heteroatoms. The second kappa shape index (κ2) is 8.10. The van der Waals surface area contributed by atoms with Gasteiger partial charge >= 0.3 is 0 Å². The molecule has 0 saturated carbocycles. The van der Waals surface area contributed by atoms with Crippen LogP contribution in [0, 0.1) is 0 Å². The number of ether oxygens (including phenoxy) is 1. The number of hydrogen-bond donors (Lipinski definition) is 0. The molecule has 3 saturated heterocycles. The molecule has 4 heterocycles. The smallest absolute Gasteiger partial charge is 0.146 e. The van der Waals surface area contributed by atoms with Crippen LogP contribution in [-0.4, -0.2) is 81.9 Å². The highest BCUT2D eigenvalue weighted by atomic mass is 32.2. The minimum Gasteiger partial charge on any atom is -0.379 e.